The number of unbranched alkanes of at least 4 members (excludes halogenated alkanes) is 1. The van der Waals surface area contributed by atoms with E-state index in [0.717, 1.165) is 6.42 Å². The summed E-state index contributed by atoms with van der Waals surface area (Å²) in [5.74, 6) is 4.97. The third-order valence-electron chi connectivity index (χ3n) is 2.21. The highest BCUT2D eigenvalue weighted by atomic mass is 16.6. The molecule has 0 aliphatic heterocycles. The van der Waals surface area contributed by atoms with Crippen LogP contribution in [0, 0.1) is 22.0 Å². The van der Waals surface area contributed by atoms with E-state index < -0.39 is 10.9 Å². The first-order valence-corrected chi connectivity index (χ1v) is 5.45. The zero-order valence-corrected chi connectivity index (χ0v) is 10.2. The normalized spacial score (nSPS) is 9.22. The molecule has 0 N–H and O–H groups in total. The van der Waals surface area contributed by atoms with Crippen LogP contribution in [0.3, 0.4) is 0 Å². The van der Waals surface area contributed by atoms with E-state index in [0.29, 0.717) is 12.0 Å². The molecule has 0 aliphatic rings. The molecule has 0 bridgehead atoms. The molecule has 1 aromatic rings. The van der Waals surface area contributed by atoms with Crippen LogP contribution < -0.4 is 0 Å². The molecule has 5 heteroatoms. The van der Waals surface area contributed by atoms with Crippen LogP contribution >= 0.6 is 0 Å². The second-order valence-corrected chi connectivity index (χ2v) is 3.53. The molecule has 0 saturated heterocycles. The Hall–Kier alpha value is -2.35. The van der Waals surface area contributed by atoms with E-state index in [9.17, 15) is 14.9 Å². The number of ether oxygens (including phenoxy) is 1. The van der Waals surface area contributed by atoms with E-state index in [1.165, 1.54) is 25.3 Å². The zero-order valence-electron chi connectivity index (χ0n) is 10.2. The first-order chi connectivity index (χ1) is 8.60. The minimum Gasteiger partial charge on any atom is -0.465 e. The van der Waals surface area contributed by atoms with Gasteiger partial charge in [0.15, 0.2) is 0 Å². The lowest BCUT2D eigenvalue weighted by molar-refractivity contribution is -0.385. The van der Waals surface area contributed by atoms with E-state index in [1.807, 2.05) is 6.92 Å². The maximum Gasteiger partial charge on any atom is 0.338 e. The summed E-state index contributed by atoms with van der Waals surface area (Å²) in [4.78, 5) is 21.6. The smallest absolute Gasteiger partial charge is 0.338 e. The molecule has 0 fully saturated rings. The number of carbonyl (C=O) groups excluding carboxylic acids is 1. The van der Waals surface area contributed by atoms with Crippen LogP contribution in [-0.4, -0.2) is 18.0 Å². The van der Waals surface area contributed by atoms with E-state index in [2.05, 4.69) is 16.6 Å². The number of nitro benzene ring substituents is 1. The van der Waals surface area contributed by atoms with Crippen molar-refractivity contribution in [2.24, 2.45) is 0 Å². The molecular weight excluding hydrogens is 234 g/mol. The van der Waals surface area contributed by atoms with Crippen molar-refractivity contribution in [3.63, 3.8) is 0 Å². The van der Waals surface area contributed by atoms with Crippen LogP contribution in [0.1, 0.15) is 35.7 Å². The van der Waals surface area contributed by atoms with Crippen LogP contribution in [-0.2, 0) is 4.74 Å². The van der Waals surface area contributed by atoms with Crippen molar-refractivity contribution in [1.29, 1.82) is 0 Å². The first-order valence-electron chi connectivity index (χ1n) is 5.45. The summed E-state index contributed by atoms with van der Waals surface area (Å²) < 4.78 is 4.51. The quantitative estimate of drug-likeness (QED) is 0.356. The molecule has 94 valence electrons. The third-order valence-corrected chi connectivity index (χ3v) is 2.21. The third kappa shape index (κ3) is 3.32. The van der Waals surface area contributed by atoms with Crippen LogP contribution in [0.15, 0.2) is 18.2 Å². The van der Waals surface area contributed by atoms with Crippen molar-refractivity contribution in [1.82, 2.24) is 0 Å². The highest BCUT2D eigenvalue weighted by Crippen LogP contribution is 2.20. The maximum absolute atomic E-state index is 11.3. The second kappa shape index (κ2) is 6.40. The Morgan fingerprint density at radius 2 is 2.22 bits per heavy atom. The standard InChI is InChI=1S/C13H13NO4/c1-3-4-5-6-10-7-8-11(13(15)18-2)9-12(10)14(16)17/h7-9H,3-4H2,1-2H3. The summed E-state index contributed by atoms with van der Waals surface area (Å²) in [5, 5.41) is 10.9. The summed E-state index contributed by atoms with van der Waals surface area (Å²) in [6.45, 7) is 1.98. The van der Waals surface area contributed by atoms with Crippen molar-refractivity contribution < 1.29 is 14.5 Å². The predicted molar refractivity (Wildman–Crippen MR) is 66.2 cm³/mol. The van der Waals surface area contributed by atoms with Gasteiger partial charge >= 0.3 is 5.97 Å². The molecule has 0 aliphatic carbocycles. The molecule has 0 amide bonds. The molecule has 0 unspecified atom stereocenters. The van der Waals surface area contributed by atoms with Gasteiger partial charge < -0.3 is 4.74 Å². The van der Waals surface area contributed by atoms with Crippen LogP contribution in [0.2, 0.25) is 0 Å². The van der Waals surface area contributed by atoms with E-state index in [4.69, 9.17) is 0 Å². The van der Waals surface area contributed by atoms with Crippen molar-refractivity contribution in [2.75, 3.05) is 7.11 Å². The molecule has 0 saturated carbocycles. The lowest BCUT2D eigenvalue weighted by atomic mass is 10.1. The summed E-state index contributed by atoms with van der Waals surface area (Å²) in [6.07, 6.45) is 1.57. The number of hydrogen-bond donors (Lipinski definition) is 0. The zero-order chi connectivity index (χ0) is 13.5. The number of rotatable bonds is 3. The Labute approximate surface area is 105 Å². The van der Waals surface area contributed by atoms with Gasteiger partial charge in [-0.3, -0.25) is 10.1 Å². The largest absolute Gasteiger partial charge is 0.465 e. The minimum atomic E-state index is -0.605. The minimum absolute atomic E-state index is 0.144. The van der Waals surface area contributed by atoms with Crippen molar-refractivity contribution >= 4 is 11.7 Å². The topological polar surface area (TPSA) is 69.4 Å². The van der Waals surface area contributed by atoms with Gasteiger partial charge in [-0.05, 0) is 18.6 Å². The molecular formula is C13H13NO4. The number of nitro groups is 1. The van der Waals surface area contributed by atoms with Crippen LogP contribution in [0.5, 0.6) is 0 Å². The fourth-order valence-electron chi connectivity index (χ4n) is 1.32. The lowest BCUT2D eigenvalue weighted by Crippen LogP contribution is -2.03. The van der Waals surface area contributed by atoms with Gasteiger partial charge in [-0.15, -0.1) is 0 Å². The number of hydrogen-bond acceptors (Lipinski definition) is 4. The number of nitrogens with zero attached hydrogens (tertiary/aromatic N) is 1. The fourth-order valence-corrected chi connectivity index (χ4v) is 1.32. The fraction of sp³-hybridized carbons (Fsp3) is 0.308. The molecule has 18 heavy (non-hydrogen) atoms. The number of carbonyl (C=O) groups is 1. The Bertz CT molecular complexity index is 526. The van der Waals surface area contributed by atoms with Crippen LogP contribution in [0.25, 0.3) is 0 Å². The lowest BCUT2D eigenvalue weighted by Gasteiger charge is -2.00. The Balaban J connectivity index is 3.18. The van der Waals surface area contributed by atoms with E-state index in [-0.39, 0.29) is 11.3 Å². The average Bonchev–Trinajstić information content (AvgIpc) is 2.38. The Morgan fingerprint density at radius 3 is 2.78 bits per heavy atom. The van der Waals surface area contributed by atoms with Gasteiger partial charge in [0.25, 0.3) is 5.69 Å². The summed E-state index contributed by atoms with van der Waals surface area (Å²) in [6, 6.07) is 4.11. The van der Waals surface area contributed by atoms with Crippen LogP contribution in [0.4, 0.5) is 5.69 Å². The second-order valence-electron chi connectivity index (χ2n) is 3.53. The number of esters is 1. The van der Waals surface area contributed by atoms with Gasteiger partial charge in [0.1, 0.15) is 5.56 Å². The first kappa shape index (κ1) is 13.7. The molecule has 5 nitrogen and oxygen atoms in total. The highest BCUT2D eigenvalue weighted by molar-refractivity contribution is 5.90. The number of benzene rings is 1. The van der Waals surface area contributed by atoms with Crippen molar-refractivity contribution in [3.05, 3.63) is 39.4 Å². The predicted octanol–water partition coefficient (Wildman–Crippen LogP) is 2.53. The summed E-state index contributed by atoms with van der Waals surface area (Å²) in [5.41, 5.74) is 0.271. The maximum atomic E-state index is 11.3. The summed E-state index contributed by atoms with van der Waals surface area (Å²) >= 11 is 0. The Morgan fingerprint density at radius 1 is 1.50 bits per heavy atom. The van der Waals surface area contributed by atoms with Gasteiger partial charge in [-0.2, -0.15) is 0 Å². The average molecular weight is 247 g/mol. The monoisotopic (exact) mass is 247 g/mol. The molecule has 1 aromatic carbocycles. The molecule has 1 rings (SSSR count). The van der Waals surface area contributed by atoms with E-state index in [1.54, 1.807) is 0 Å². The summed E-state index contributed by atoms with van der Waals surface area (Å²) in [7, 11) is 1.23. The SMILES string of the molecule is CCCC#Cc1ccc(C(=O)OC)cc1[N+](=O)[O-]. The Kier molecular flexibility index (Phi) is 4.88. The van der Waals surface area contributed by atoms with Gasteiger partial charge in [0, 0.05) is 12.5 Å². The molecule has 0 heterocycles. The van der Waals surface area contributed by atoms with Crippen molar-refractivity contribution in [3.8, 4) is 11.8 Å². The van der Waals surface area contributed by atoms with Gasteiger partial charge in [0.2, 0.25) is 0 Å². The van der Waals surface area contributed by atoms with Crippen molar-refractivity contribution in [2.45, 2.75) is 19.8 Å². The van der Waals surface area contributed by atoms with E-state index >= 15 is 0 Å². The molecule has 0 atom stereocenters. The van der Waals surface area contributed by atoms with Gasteiger partial charge in [-0.25, -0.2) is 4.79 Å². The molecule has 0 radical (unpaired) electrons. The van der Waals surface area contributed by atoms with Gasteiger partial charge in [-0.1, -0.05) is 18.8 Å². The highest BCUT2D eigenvalue weighted by Gasteiger charge is 2.16. The molecule has 0 spiro atoms. The molecule has 0 aromatic heterocycles. The van der Waals surface area contributed by atoms with Gasteiger partial charge in [0.05, 0.1) is 17.6 Å². The number of methoxy groups -OCH3 is 1.